The molecule has 0 saturated carbocycles. The molecule has 1 rings (SSSR count). The summed E-state index contributed by atoms with van der Waals surface area (Å²) in [6.07, 6.45) is -3.73. The maximum absolute atomic E-state index is 12.4. The average molecular weight is 298 g/mol. The van der Waals surface area contributed by atoms with Crippen LogP contribution in [-0.2, 0) is 4.79 Å². The Morgan fingerprint density at radius 3 is 2.71 bits per heavy atom. The molecule has 1 atom stereocenters. The highest BCUT2D eigenvalue weighted by Crippen LogP contribution is 2.18. The summed E-state index contributed by atoms with van der Waals surface area (Å²) in [4.78, 5) is 12.9. The SMILES string of the molecule is CC(Oc1ccccc1C#N)C(=O)N(CCO)CC(F)F. The highest BCUT2D eigenvalue weighted by Gasteiger charge is 2.24. The van der Waals surface area contributed by atoms with E-state index in [1.165, 1.54) is 19.1 Å². The number of para-hydroxylation sites is 1. The van der Waals surface area contributed by atoms with E-state index < -0.39 is 31.6 Å². The summed E-state index contributed by atoms with van der Waals surface area (Å²) in [5.74, 6) is -0.459. The number of aliphatic hydroxyl groups excluding tert-OH is 1. The van der Waals surface area contributed by atoms with E-state index in [4.69, 9.17) is 15.1 Å². The van der Waals surface area contributed by atoms with Crippen LogP contribution < -0.4 is 4.74 Å². The van der Waals surface area contributed by atoms with Gasteiger partial charge in [0.25, 0.3) is 12.3 Å². The Hall–Kier alpha value is -2.20. The Morgan fingerprint density at radius 2 is 2.14 bits per heavy atom. The minimum atomic E-state index is -2.70. The zero-order chi connectivity index (χ0) is 15.8. The van der Waals surface area contributed by atoms with Gasteiger partial charge in [-0.2, -0.15) is 5.26 Å². The van der Waals surface area contributed by atoms with Crippen LogP contribution >= 0.6 is 0 Å². The fraction of sp³-hybridized carbons (Fsp3) is 0.429. The molecule has 0 fully saturated rings. The number of nitriles is 1. The van der Waals surface area contributed by atoms with Gasteiger partial charge in [0.15, 0.2) is 6.10 Å². The average Bonchev–Trinajstić information content (AvgIpc) is 2.46. The van der Waals surface area contributed by atoms with Crippen LogP contribution in [0.25, 0.3) is 0 Å². The van der Waals surface area contributed by atoms with Crippen LogP contribution in [0.3, 0.4) is 0 Å². The standard InChI is InChI=1S/C14H16F2N2O3/c1-10(14(20)18(6-7-19)9-13(15)16)21-12-5-3-2-4-11(12)8-17/h2-5,10,13,19H,6-7,9H2,1H3. The largest absolute Gasteiger partial charge is 0.480 e. The molecule has 0 aliphatic carbocycles. The molecule has 0 aliphatic heterocycles. The van der Waals surface area contributed by atoms with Crippen molar-refractivity contribution in [2.45, 2.75) is 19.5 Å². The van der Waals surface area contributed by atoms with Crippen LogP contribution in [0.1, 0.15) is 12.5 Å². The molecule has 0 heterocycles. The van der Waals surface area contributed by atoms with Crippen molar-refractivity contribution >= 4 is 5.91 Å². The molecule has 1 aromatic carbocycles. The van der Waals surface area contributed by atoms with Crippen LogP contribution in [-0.4, -0.2) is 48.1 Å². The lowest BCUT2D eigenvalue weighted by Crippen LogP contribution is -2.44. The van der Waals surface area contributed by atoms with Crippen molar-refractivity contribution < 1.29 is 23.4 Å². The number of aliphatic hydroxyl groups is 1. The smallest absolute Gasteiger partial charge is 0.263 e. The summed E-state index contributed by atoms with van der Waals surface area (Å²) in [5, 5.41) is 17.8. The van der Waals surface area contributed by atoms with E-state index in [-0.39, 0.29) is 17.9 Å². The van der Waals surface area contributed by atoms with Gasteiger partial charge in [-0.3, -0.25) is 4.79 Å². The Bertz CT molecular complexity index is 517. The zero-order valence-electron chi connectivity index (χ0n) is 11.5. The number of halogens is 2. The topological polar surface area (TPSA) is 73.6 Å². The summed E-state index contributed by atoms with van der Waals surface area (Å²) >= 11 is 0. The van der Waals surface area contributed by atoms with Gasteiger partial charge in [0.1, 0.15) is 11.8 Å². The predicted octanol–water partition coefficient (Wildman–Crippen LogP) is 1.41. The molecule has 0 saturated heterocycles. The van der Waals surface area contributed by atoms with Crippen LogP contribution in [0.15, 0.2) is 24.3 Å². The van der Waals surface area contributed by atoms with Crippen molar-refractivity contribution in [1.82, 2.24) is 4.90 Å². The van der Waals surface area contributed by atoms with E-state index in [0.717, 1.165) is 4.90 Å². The molecule has 5 nitrogen and oxygen atoms in total. The second-order valence-electron chi connectivity index (χ2n) is 4.27. The lowest BCUT2D eigenvalue weighted by atomic mass is 10.2. The molecular weight excluding hydrogens is 282 g/mol. The first kappa shape index (κ1) is 16.9. The molecule has 21 heavy (non-hydrogen) atoms. The summed E-state index contributed by atoms with van der Waals surface area (Å²) < 4.78 is 30.2. The highest BCUT2D eigenvalue weighted by atomic mass is 19.3. The number of nitrogens with zero attached hydrogens (tertiary/aromatic N) is 2. The summed E-state index contributed by atoms with van der Waals surface area (Å²) in [6, 6.07) is 8.24. The number of alkyl halides is 2. The van der Waals surface area contributed by atoms with E-state index in [2.05, 4.69) is 0 Å². The third-order valence-corrected chi connectivity index (χ3v) is 2.70. The molecule has 1 unspecified atom stereocenters. The fourth-order valence-electron chi connectivity index (χ4n) is 1.74. The van der Waals surface area contributed by atoms with Gasteiger partial charge in [-0.1, -0.05) is 12.1 Å². The lowest BCUT2D eigenvalue weighted by molar-refractivity contribution is -0.140. The van der Waals surface area contributed by atoms with E-state index in [0.29, 0.717) is 0 Å². The second-order valence-corrected chi connectivity index (χ2v) is 4.27. The highest BCUT2D eigenvalue weighted by molar-refractivity contribution is 5.81. The van der Waals surface area contributed by atoms with Gasteiger partial charge in [-0.25, -0.2) is 8.78 Å². The van der Waals surface area contributed by atoms with E-state index in [9.17, 15) is 13.6 Å². The van der Waals surface area contributed by atoms with Gasteiger partial charge in [0.2, 0.25) is 0 Å². The minimum Gasteiger partial charge on any atom is -0.480 e. The summed E-state index contributed by atoms with van der Waals surface area (Å²) in [7, 11) is 0. The normalized spacial score (nSPS) is 11.8. The Kier molecular flexibility index (Phi) is 6.56. The third kappa shape index (κ3) is 5.00. The number of amides is 1. The van der Waals surface area contributed by atoms with Gasteiger partial charge in [0, 0.05) is 6.54 Å². The maximum Gasteiger partial charge on any atom is 0.263 e. The number of ether oxygens (including phenoxy) is 1. The minimum absolute atomic E-state index is 0.198. The van der Waals surface area contributed by atoms with Crippen molar-refractivity contribution in [2.75, 3.05) is 19.7 Å². The van der Waals surface area contributed by atoms with E-state index >= 15 is 0 Å². The molecule has 0 spiro atoms. The van der Waals surface area contributed by atoms with E-state index in [1.807, 2.05) is 6.07 Å². The first-order valence-electron chi connectivity index (χ1n) is 6.33. The molecule has 1 amide bonds. The third-order valence-electron chi connectivity index (χ3n) is 2.70. The van der Waals surface area contributed by atoms with Gasteiger partial charge in [-0.15, -0.1) is 0 Å². The number of hydrogen-bond acceptors (Lipinski definition) is 4. The molecule has 1 N–H and O–H groups in total. The van der Waals surface area contributed by atoms with Gasteiger partial charge in [-0.05, 0) is 19.1 Å². The van der Waals surface area contributed by atoms with Crippen molar-refractivity contribution in [3.63, 3.8) is 0 Å². The molecule has 0 radical (unpaired) electrons. The van der Waals surface area contributed by atoms with Crippen LogP contribution in [0.2, 0.25) is 0 Å². The first-order valence-corrected chi connectivity index (χ1v) is 6.33. The quantitative estimate of drug-likeness (QED) is 0.826. The van der Waals surface area contributed by atoms with Gasteiger partial charge >= 0.3 is 0 Å². The molecule has 114 valence electrons. The molecule has 0 bridgehead atoms. The summed E-state index contributed by atoms with van der Waals surface area (Å²) in [6.45, 7) is 0.0239. The molecule has 0 aromatic heterocycles. The Labute approximate surface area is 121 Å². The molecule has 7 heteroatoms. The zero-order valence-corrected chi connectivity index (χ0v) is 11.5. The summed E-state index contributed by atoms with van der Waals surface area (Å²) in [5.41, 5.74) is 0.250. The maximum atomic E-state index is 12.4. The number of carbonyl (C=O) groups is 1. The number of benzene rings is 1. The van der Waals surface area contributed by atoms with Crippen LogP contribution in [0, 0.1) is 11.3 Å². The predicted molar refractivity (Wildman–Crippen MR) is 70.9 cm³/mol. The second kappa shape index (κ2) is 8.17. The monoisotopic (exact) mass is 298 g/mol. The number of rotatable bonds is 7. The fourth-order valence-corrected chi connectivity index (χ4v) is 1.74. The van der Waals surface area contributed by atoms with Crippen molar-refractivity contribution in [3.8, 4) is 11.8 Å². The lowest BCUT2D eigenvalue weighted by Gasteiger charge is -2.25. The van der Waals surface area contributed by atoms with Crippen molar-refractivity contribution in [1.29, 1.82) is 5.26 Å². The van der Waals surface area contributed by atoms with Crippen LogP contribution in [0.5, 0.6) is 5.75 Å². The molecular formula is C14H16F2N2O3. The van der Waals surface area contributed by atoms with Gasteiger partial charge < -0.3 is 14.7 Å². The number of carbonyl (C=O) groups excluding carboxylic acids is 1. The van der Waals surface area contributed by atoms with Crippen LogP contribution in [0.4, 0.5) is 8.78 Å². The molecule has 0 aliphatic rings. The van der Waals surface area contributed by atoms with Crippen molar-refractivity contribution in [3.05, 3.63) is 29.8 Å². The van der Waals surface area contributed by atoms with Gasteiger partial charge in [0.05, 0.1) is 18.7 Å². The molecule has 1 aromatic rings. The Balaban J connectivity index is 2.79. The van der Waals surface area contributed by atoms with Crippen molar-refractivity contribution in [2.24, 2.45) is 0 Å². The van der Waals surface area contributed by atoms with E-state index in [1.54, 1.807) is 12.1 Å². The number of hydrogen-bond donors (Lipinski definition) is 1. The first-order chi connectivity index (χ1) is 9.99. The Morgan fingerprint density at radius 1 is 1.48 bits per heavy atom.